The van der Waals surface area contributed by atoms with Gasteiger partial charge in [-0.25, -0.2) is 0 Å². The summed E-state index contributed by atoms with van der Waals surface area (Å²) in [6.45, 7) is 2.91. The molecule has 0 rings (SSSR count). The van der Waals surface area contributed by atoms with Crippen LogP contribution in [0.3, 0.4) is 0 Å². The summed E-state index contributed by atoms with van der Waals surface area (Å²) in [6.07, 6.45) is 1.40. The van der Waals surface area contributed by atoms with Crippen LogP contribution in [-0.4, -0.2) is 18.3 Å². The molecular formula is C4H10O6P2. The van der Waals surface area contributed by atoms with Crippen LogP contribution in [0.25, 0.3) is 0 Å². The van der Waals surface area contributed by atoms with Gasteiger partial charge in [0, 0.05) is 0 Å². The van der Waals surface area contributed by atoms with Crippen LogP contribution in [0.5, 0.6) is 0 Å². The lowest BCUT2D eigenvalue weighted by molar-refractivity contribution is 0.103. The van der Waals surface area contributed by atoms with Crippen LogP contribution in [0.15, 0.2) is 12.7 Å². The summed E-state index contributed by atoms with van der Waals surface area (Å²) < 4.78 is 33.5. The van der Waals surface area contributed by atoms with Crippen molar-refractivity contribution >= 4 is 16.5 Å². The maximum Gasteiger partial charge on any atom is 0.321 e. The van der Waals surface area contributed by atoms with Crippen molar-refractivity contribution in [1.82, 2.24) is 0 Å². The summed E-state index contributed by atoms with van der Waals surface area (Å²) >= 11 is 0. The average molecular weight is 216 g/mol. The summed E-state index contributed by atoms with van der Waals surface area (Å²) in [7, 11) is -5.65. The molecule has 6 nitrogen and oxygen atoms in total. The summed E-state index contributed by atoms with van der Waals surface area (Å²) in [6, 6.07) is 0. The second kappa shape index (κ2) is 7.68. The third kappa shape index (κ3) is 8.14. The van der Waals surface area contributed by atoms with E-state index in [2.05, 4.69) is 20.2 Å². The van der Waals surface area contributed by atoms with Crippen LogP contribution in [0.4, 0.5) is 0 Å². The van der Waals surface area contributed by atoms with Crippen molar-refractivity contribution in [2.75, 3.05) is 13.4 Å². The maximum atomic E-state index is 10.6. The maximum absolute atomic E-state index is 10.6. The Morgan fingerprint density at radius 1 is 1.33 bits per heavy atom. The summed E-state index contributed by atoms with van der Waals surface area (Å²) in [5.41, 5.74) is 0. The largest absolute Gasteiger partial charge is 0.326 e. The van der Waals surface area contributed by atoms with Crippen LogP contribution in [0, 0.1) is 0 Å². The van der Waals surface area contributed by atoms with Gasteiger partial charge in [0.05, 0.1) is 6.61 Å². The second-order valence-corrected chi connectivity index (χ2v) is 3.42. The van der Waals surface area contributed by atoms with Crippen molar-refractivity contribution in [2.45, 2.75) is 0 Å². The van der Waals surface area contributed by atoms with Crippen LogP contribution in [-0.2, 0) is 22.7 Å². The molecule has 0 amide bonds. The minimum absolute atomic E-state index is 0.103. The minimum atomic E-state index is -3.02. The molecule has 12 heavy (non-hydrogen) atoms. The molecule has 0 aliphatic carbocycles. The molecule has 0 aromatic carbocycles. The number of hydrogen-bond acceptors (Lipinski definition) is 5. The zero-order valence-corrected chi connectivity index (χ0v) is 8.19. The van der Waals surface area contributed by atoms with E-state index in [4.69, 9.17) is 4.89 Å². The van der Waals surface area contributed by atoms with E-state index in [0.717, 1.165) is 0 Å². The van der Waals surface area contributed by atoms with Gasteiger partial charge in [-0.1, -0.05) is 6.08 Å². The molecule has 2 unspecified atom stereocenters. The highest BCUT2D eigenvalue weighted by Crippen LogP contribution is 2.25. The van der Waals surface area contributed by atoms with Gasteiger partial charge >= 0.3 is 16.5 Å². The molecule has 0 radical (unpaired) electrons. The van der Waals surface area contributed by atoms with Crippen molar-refractivity contribution in [3.8, 4) is 0 Å². The zero-order chi connectivity index (χ0) is 9.40. The summed E-state index contributed by atoms with van der Waals surface area (Å²) in [5, 5.41) is 0. The van der Waals surface area contributed by atoms with Crippen LogP contribution in [0.2, 0.25) is 0 Å². The van der Waals surface area contributed by atoms with Gasteiger partial charge < -0.3 is 9.42 Å². The van der Waals surface area contributed by atoms with Crippen LogP contribution < -0.4 is 0 Å². The highest BCUT2D eigenvalue weighted by molar-refractivity contribution is 7.33. The molecule has 72 valence electrons. The Labute approximate surface area is 71.0 Å². The van der Waals surface area contributed by atoms with Crippen molar-refractivity contribution < 1.29 is 27.6 Å². The van der Waals surface area contributed by atoms with E-state index in [0.29, 0.717) is 0 Å². The fourth-order valence-corrected chi connectivity index (χ4v) is 1.07. The van der Waals surface area contributed by atoms with Crippen molar-refractivity contribution in [3.05, 3.63) is 12.7 Å². The van der Waals surface area contributed by atoms with Gasteiger partial charge in [-0.3, -0.25) is 18.2 Å². The monoisotopic (exact) mass is 216 g/mol. The van der Waals surface area contributed by atoms with E-state index in [1.807, 2.05) is 0 Å². The number of rotatable bonds is 7. The Morgan fingerprint density at radius 3 is 2.50 bits per heavy atom. The minimum Gasteiger partial charge on any atom is -0.326 e. The molecular weight excluding hydrogens is 206 g/mol. The van der Waals surface area contributed by atoms with Gasteiger partial charge in [0.15, 0.2) is 6.79 Å². The fourth-order valence-electron chi connectivity index (χ4n) is 0.297. The lowest BCUT2D eigenvalue weighted by Crippen LogP contribution is -1.89. The SMILES string of the molecule is C=CCO[PH](=O)OCO[PH](=O)O. The van der Waals surface area contributed by atoms with E-state index >= 15 is 0 Å². The summed E-state index contributed by atoms with van der Waals surface area (Å²) in [4.78, 5) is 8.14. The Morgan fingerprint density at radius 2 is 2.00 bits per heavy atom. The fraction of sp³-hybridized carbons (Fsp3) is 0.500. The van der Waals surface area contributed by atoms with Crippen LogP contribution in [0.1, 0.15) is 0 Å². The van der Waals surface area contributed by atoms with E-state index < -0.39 is 23.3 Å². The molecule has 0 spiro atoms. The highest BCUT2D eigenvalue weighted by atomic mass is 31.1. The van der Waals surface area contributed by atoms with Gasteiger partial charge in [-0.2, -0.15) is 0 Å². The summed E-state index contributed by atoms with van der Waals surface area (Å²) in [5.74, 6) is 0. The molecule has 0 saturated carbocycles. The standard InChI is InChI=1S/C4H10O6P2/c1-2-3-8-12(7)10-4-9-11(5)6/h2,11-12H,1,3-4H2,(H,5,6). The smallest absolute Gasteiger partial charge is 0.321 e. The normalized spacial score (nSPS) is 15.4. The molecule has 1 N–H and O–H groups in total. The van der Waals surface area contributed by atoms with E-state index in [1.165, 1.54) is 6.08 Å². The molecule has 0 aromatic rings. The molecule has 0 fully saturated rings. The van der Waals surface area contributed by atoms with E-state index in [1.54, 1.807) is 0 Å². The quantitative estimate of drug-likeness (QED) is 0.387. The molecule has 8 heteroatoms. The average Bonchev–Trinajstić information content (AvgIpc) is 2.00. The molecule has 0 aliphatic rings. The Kier molecular flexibility index (Phi) is 7.70. The van der Waals surface area contributed by atoms with Crippen LogP contribution >= 0.6 is 16.5 Å². The molecule has 0 aromatic heterocycles. The van der Waals surface area contributed by atoms with E-state index in [-0.39, 0.29) is 6.61 Å². The Balaban J connectivity index is 3.31. The van der Waals surface area contributed by atoms with Gasteiger partial charge in [0.25, 0.3) is 0 Å². The first kappa shape index (κ1) is 12.0. The Bertz CT molecular complexity index is 180. The zero-order valence-electron chi connectivity index (χ0n) is 6.19. The first-order valence-corrected chi connectivity index (χ1v) is 5.42. The van der Waals surface area contributed by atoms with Gasteiger partial charge in [-0.15, -0.1) is 6.58 Å². The first-order chi connectivity index (χ1) is 5.66. The number of hydrogen-bond donors (Lipinski definition) is 1. The van der Waals surface area contributed by atoms with Crippen molar-refractivity contribution in [2.24, 2.45) is 0 Å². The molecule has 0 aliphatic heterocycles. The predicted molar refractivity (Wildman–Crippen MR) is 43.4 cm³/mol. The lowest BCUT2D eigenvalue weighted by Gasteiger charge is -2.01. The third-order valence-electron chi connectivity index (χ3n) is 0.678. The van der Waals surface area contributed by atoms with Gasteiger partial charge in [0.2, 0.25) is 0 Å². The highest BCUT2D eigenvalue weighted by Gasteiger charge is 1.98. The van der Waals surface area contributed by atoms with Gasteiger partial charge in [0.1, 0.15) is 0 Å². The topological polar surface area (TPSA) is 82.1 Å². The Hall–Kier alpha value is 0.0400. The third-order valence-corrected chi connectivity index (χ3v) is 1.80. The van der Waals surface area contributed by atoms with Crippen molar-refractivity contribution in [1.29, 1.82) is 0 Å². The molecule has 0 heterocycles. The van der Waals surface area contributed by atoms with Crippen molar-refractivity contribution in [3.63, 3.8) is 0 Å². The van der Waals surface area contributed by atoms with E-state index in [9.17, 15) is 9.13 Å². The molecule has 0 saturated heterocycles. The second-order valence-electron chi connectivity index (χ2n) is 1.52. The predicted octanol–water partition coefficient (Wildman–Crippen LogP) is 0.951. The molecule has 2 atom stereocenters. The lowest BCUT2D eigenvalue weighted by atomic mass is 10.7. The first-order valence-electron chi connectivity index (χ1n) is 2.93. The molecule has 0 bridgehead atoms. The van der Waals surface area contributed by atoms with Gasteiger partial charge in [-0.05, 0) is 0 Å².